The third-order valence-corrected chi connectivity index (χ3v) is 4.26. The number of aliphatic imine (C=N–C) groups is 1. The van der Waals surface area contributed by atoms with Crippen molar-refractivity contribution in [1.82, 2.24) is 10.6 Å². The van der Waals surface area contributed by atoms with Gasteiger partial charge in [0.1, 0.15) is 0 Å². The number of ether oxygens (including phenoxy) is 1. The second-order valence-electron chi connectivity index (χ2n) is 5.49. The number of nitrogens with zero attached hydrogens (tertiary/aromatic N) is 1. The fourth-order valence-corrected chi connectivity index (χ4v) is 2.89. The maximum Gasteiger partial charge on any atom is 0.305 e. The smallest absolute Gasteiger partial charge is 0.305 e. The summed E-state index contributed by atoms with van der Waals surface area (Å²) in [5.74, 6) is 1.16. The van der Waals surface area contributed by atoms with Gasteiger partial charge in [-0.2, -0.15) is 11.3 Å². The minimum absolute atomic E-state index is 0.129. The molecule has 0 fully saturated rings. The monoisotopic (exact) mass is 339 g/mol. The Labute approximate surface area is 143 Å². The van der Waals surface area contributed by atoms with Crippen LogP contribution in [-0.4, -0.2) is 38.7 Å². The van der Waals surface area contributed by atoms with Gasteiger partial charge in [-0.15, -0.1) is 0 Å². The van der Waals surface area contributed by atoms with Crippen molar-refractivity contribution < 1.29 is 9.53 Å². The number of carbonyl (C=O) groups excluding carboxylic acids is 1. The highest BCUT2D eigenvalue weighted by Crippen LogP contribution is 2.18. The molecule has 2 N–H and O–H groups in total. The van der Waals surface area contributed by atoms with E-state index in [1.165, 1.54) is 12.7 Å². The van der Waals surface area contributed by atoms with Gasteiger partial charge < -0.3 is 15.4 Å². The predicted molar refractivity (Wildman–Crippen MR) is 97.2 cm³/mol. The van der Waals surface area contributed by atoms with Gasteiger partial charge in [-0.25, -0.2) is 0 Å². The van der Waals surface area contributed by atoms with Crippen LogP contribution in [0.1, 0.15) is 51.0 Å². The number of nitrogens with one attached hydrogen (secondary N) is 2. The van der Waals surface area contributed by atoms with Crippen LogP contribution in [0.5, 0.6) is 0 Å². The quantitative estimate of drug-likeness (QED) is 0.297. The zero-order valence-electron chi connectivity index (χ0n) is 14.4. The van der Waals surface area contributed by atoms with Crippen molar-refractivity contribution in [2.45, 2.75) is 45.4 Å². The summed E-state index contributed by atoms with van der Waals surface area (Å²) in [4.78, 5) is 15.7. The van der Waals surface area contributed by atoms with Crippen molar-refractivity contribution in [3.8, 4) is 0 Å². The Balaban J connectivity index is 2.25. The summed E-state index contributed by atoms with van der Waals surface area (Å²) in [6.07, 6.45) is 3.40. The molecule has 0 aliphatic rings. The molecule has 0 amide bonds. The second-order valence-corrected chi connectivity index (χ2v) is 6.27. The van der Waals surface area contributed by atoms with Crippen LogP contribution in [0, 0.1) is 0 Å². The minimum Gasteiger partial charge on any atom is -0.469 e. The Morgan fingerprint density at radius 1 is 1.35 bits per heavy atom. The van der Waals surface area contributed by atoms with Gasteiger partial charge in [0.25, 0.3) is 0 Å². The lowest BCUT2D eigenvalue weighted by Gasteiger charge is -2.13. The van der Waals surface area contributed by atoms with E-state index < -0.39 is 0 Å². The van der Waals surface area contributed by atoms with E-state index >= 15 is 0 Å². The van der Waals surface area contributed by atoms with Gasteiger partial charge in [0.2, 0.25) is 0 Å². The van der Waals surface area contributed by atoms with Crippen LogP contribution in [-0.2, 0) is 9.53 Å². The molecule has 0 saturated heterocycles. The first kappa shape index (κ1) is 19.5. The summed E-state index contributed by atoms with van der Waals surface area (Å²) in [5.41, 5.74) is 1.34. The molecule has 23 heavy (non-hydrogen) atoms. The van der Waals surface area contributed by atoms with Crippen LogP contribution in [0.4, 0.5) is 0 Å². The van der Waals surface area contributed by atoms with Gasteiger partial charge in [-0.3, -0.25) is 9.79 Å². The van der Waals surface area contributed by atoms with Crippen LogP contribution in [0.2, 0.25) is 0 Å². The summed E-state index contributed by atoms with van der Waals surface area (Å²) in [7, 11) is 1.43. The van der Waals surface area contributed by atoms with Crippen molar-refractivity contribution in [2.24, 2.45) is 4.99 Å². The van der Waals surface area contributed by atoms with Gasteiger partial charge in [-0.1, -0.05) is 13.3 Å². The number of thiophene rings is 1. The number of esters is 1. The zero-order chi connectivity index (χ0) is 16.9. The Kier molecular flexibility index (Phi) is 10.1. The van der Waals surface area contributed by atoms with E-state index in [-0.39, 0.29) is 5.97 Å². The topological polar surface area (TPSA) is 62.7 Å². The molecule has 1 aromatic rings. The third kappa shape index (κ3) is 8.59. The lowest BCUT2D eigenvalue weighted by Crippen LogP contribution is -2.38. The van der Waals surface area contributed by atoms with Crippen LogP contribution < -0.4 is 10.6 Å². The fourth-order valence-electron chi connectivity index (χ4n) is 2.11. The highest BCUT2D eigenvalue weighted by atomic mass is 32.1. The SMILES string of the molecule is CCNC(=NCC(C)c1ccsc1)NCCCCCC(=O)OC. The first-order valence-corrected chi connectivity index (χ1v) is 9.22. The van der Waals surface area contributed by atoms with Crippen LogP contribution >= 0.6 is 11.3 Å². The van der Waals surface area contributed by atoms with Gasteiger partial charge in [0.15, 0.2) is 5.96 Å². The van der Waals surface area contributed by atoms with E-state index in [1.54, 1.807) is 11.3 Å². The first-order valence-electron chi connectivity index (χ1n) is 8.28. The lowest BCUT2D eigenvalue weighted by molar-refractivity contribution is -0.140. The highest BCUT2D eigenvalue weighted by molar-refractivity contribution is 7.07. The number of guanidine groups is 1. The number of methoxy groups -OCH3 is 1. The van der Waals surface area contributed by atoms with Gasteiger partial charge >= 0.3 is 5.97 Å². The summed E-state index contributed by atoms with van der Waals surface area (Å²) in [6, 6.07) is 2.16. The molecule has 1 rings (SSSR count). The molecule has 0 bridgehead atoms. The molecule has 130 valence electrons. The van der Waals surface area contributed by atoms with Crippen molar-refractivity contribution >= 4 is 23.3 Å². The van der Waals surface area contributed by atoms with Crippen molar-refractivity contribution in [3.63, 3.8) is 0 Å². The van der Waals surface area contributed by atoms with E-state index in [0.717, 1.165) is 44.9 Å². The molecule has 0 spiro atoms. The van der Waals surface area contributed by atoms with Crippen LogP contribution in [0.15, 0.2) is 21.8 Å². The maximum absolute atomic E-state index is 11.0. The molecule has 0 saturated carbocycles. The third-order valence-electron chi connectivity index (χ3n) is 3.56. The van der Waals surface area contributed by atoms with Gasteiger partial charge in [0.05, 0.1) is 7.11 Å². The van der Waals surface area contributed by atoms with E-state index in [2.05, 4.69) is 51.0 Å². The largest absolute Gasteiger partial charge is 0.469 e. The fraction of sp³-hybridized carbons (Fsp3) is 0.647. The molecule has 1 unspecified atom stereocenters. The molecule has 1 aromatic heterocycles. The average Bonchev–Trinajstić information content (AvgIpc) is 3.09. The van der Waals surface area contributed by atoms with Gasteiger partial charge in [0, 0.05) is 32.0 Å². The maximum atomic E-state index is 11.0. The number of carbonyl (C=O) groups is 1. The number of rotatable bonds is 10. The van der Waals surface area contributed by atoms with E-state index in [9.17, 15) is 4.79 Å². The van der Waals surface area contributed by atoms with Crippen molar-refractivity contribution in [1.29, 1.82) is 0 Å². The Bertz CT molecular complexity index is 460. The number of hydrogen-bond donors (Lipinski definition) is 2. The minimum atomic E-state index is -0.129. The molecular weight excluding hydrogens is 310 g/mol. The second kappa shape index (κ2) is 11.9. The molecule has 6 heteroatoms. The van der Waals surface area contributed by atoms with Gasteiger partial charge in [-0.05, 0) is 42.2 Å². The van der Waals surface area contributed by atoms with E-state index in [1.807, 2.05) is 0 Å². The summed E-state index contributed by atoms with van der Waals surface area (Å²) in [5, 5.41) is 10.9. The highest BCUT2D eigenvalue weighted by Gasteiger charge is 2.06. The van der Waals surface area contributed by atoms with Crippen molar-refractivity contribution in [3.05, 3.63) is 22.4 Å². The average molecular weight is 340 g/mol. The molecule has 0 radical (unpaired) electrons. The predicted octanol–water partition coefficient (Wildman–Crippen LogP) is 3.14. The lowest BCUT2D eigenvalue weighted by atomic mass is 10.1. The molecule has 5 nitrogen and oxygen atoms in total. The molecule has 0 aliphatic heterocycles. The Hall–Kier alpha value is -1.56. The molecule has 0 aliphatic carbocycles. The molecular formula is C17H29N3O2S. The Morgan fingerprint density at radius 3 is 2.83 bits per heavy atom. The Morgan fingerprint density at radius 2 is 2.17 bits per heavy atom. The molecule has 1 heterocycles. The van der Waals surface area contributed by atoms with Crippen molar-refractivity contribution in [2.75, 3.05) is 26.7 Å². The van der Waals surface area contributed by atoms with E-state index in [4.69, 9.17) is 0 Å². The van der Waals surface area contributed by atoms with Crippen LogP contribution in [0.3, 0.4) is 0 Å². The first-order chi connectivity index (χ1) is 11.2. The summed E-state index contributed by atoms with van der Waals surface area (Å²) < 4.78 is 4.63. The summed E-state index contributed by atoms with van der Waals surface area (Å²) in [6.45, 7) is 6.74. The molecule has 0 aromatic carbocycles. The van der Waals surface area contributed by atoms with Crippen LogP contribution in [0.25, 0.3) is 0 Å². The number of unbranched alkanes of at least 4 members (excludes halogenated alkanes) is 2. The summed E-state index contributed by atoms with van der Waals surface area (Å²) >= 11 is 1.72. The molecule has 1 atom stereocenters. The van der Waals surface area contributed by atoms with E-state index in [0.29, 0.717) is 12.3 Å². The normalized spacial score (nSPS) is 12.7. The standard InChI is InChI=1S/C17H29N3O2S/c1-4-18-17(19-10-7-5-6-8-16(21)22-3)20-12-14(2)15-9-11-23-13-15/h9,11,13-14H,4-8,10,12H2,1-3H3,(H2,18,19,20). The number of hydrogen-bond acceptors (Lipinski definition) is 4. The zero-order valence-corrected chi connectivity index (χ0v) is 15.2.